The van der Waals surface area contributed by atoms with Gasteiger partial charge in [-0.15, -0.1) is 41.9 Å². The first-order chi connectivity index (χ1) is 34.4. The largest absolute Gasteiger partial charge is 0.509 e. The van der Waals surface area contributed by atoms with E-state index in [9.17, 15) is 0 Å². The van der Waals surface area contributed by atoms with E-state index in [4.69, 9.17) is 9.72 Å². The standard InChI is InChI=1S/C65H45N4O.Pt/c1-64(2,3)44-36-37-66-61(38-44)69-57-30-15-12-24-51(57)52-34-32-45(39-59(52)69)70-46-33-35-55-60(40-46)68-41-67(62-47(42-18-6-4-7-19-42)25-16-26-48(62)43-20-8-5-9-21-43)58-31-17-29-56(63(58)68)65(55)53-27-13-10-22-49(53)50-23-11-14-28-54(50)65;/h4-38,41H,1-3H3;/q-3;. The maximum atomic E-state index is 6.97. The molecule has 0 N–H and O–H groups in total. The molecular weight excluding hydrogens is 1050 g/mol. The van der Waals surface area contributed by atoms with Gasteiger partial charge in [0.15, 0.2) is 0 Å². The monoisotopic (exact) mass is 1090 g/mol. The maximum absolute atomic E-state index is 6.97. The van der Waals surface area contributed by atoms with Crippen molar-refractivity contribution in [2.24, 2.45) is 0 Å². The van der Waals surface area contributed by atoms with Crippen molar-refractivity contribution in [1.29, 1.82) is 0 Å². The Kier molecular flexibility index (Phi) is 9.89. The molecule has 344 valence electrons. The van der Waals surface area contributed by atoms with E-state index in [1.807, 2.05) is 12.3 Å². The van der Waals surface area contributed by atoms with Crippen molar-refractivity contribution < 1.29 is 25.8 Å². The molecule has 4 heterocycles. The third-order valence-electron chi connectivity index (χ3n) is 14.7. The summed E-state index contributed by atoms with van der Waals surface area (Å²) >= 11 is 0. The van der Waals surface area contributed by atoms with E-state index in [0.717, 1.165) is 78.2 Å². The molecule has 2 aromatic heterocycles. The smallest absolute Gasteiger partial charge is 0.135 e. The number of rotatable bonds is 6. The SMILES string of the molecule is CC(C)(C)c1ccnc(-n2c3[c-]c(Oc4[c-]c5c(cc4)C4(c6ccccc6-c6ccccc64)c4cccc6c4N5[CH-]N6c4c(-c5ccccc5)cccc4-c4ccccc4)ccc3c3ccccc32)c1.[Pt]. The minimum Gasteiger partial charge on any atom is -0.509 e. The second-order valence-corrected chi connectivity index (χ2v) is 19.6. The van der Waals surface area contributed by atoms with Crippen LogP contribution in [0.2, 0.25) is 0 Å². The normalized spacial score (nSPS) is 13.7. The molecule has 0 radical (unpaired) electrons. The average molecular weight is 1090 g/mol. The van der Waals surface area contributed by atoms with Crippen LogP contribution in [0.4, 0.5) is 22.7 Å². The van der Waals surface area contributed by atoms with Crippen molar-refractivity contribution in [3.63, 3.8) is 0 Å². The summed E-state index contributed by atoms with van der Waals surface area (Å²) in [5.41, 5.74) is 18.8. The molecule has 0 atom stereocenters. The molecule has 0 amide bonds. The molecule has 6 heteroatoms. The molecule has 0 fully saturated rings. The number of anilines is 4. The van der Waals surface area contributed by atoms with E-state index in [2.05, 4.69) is 254 Å². The molecule has 1 aliphatic carbocycles. The van der Waals surface area contributed by atoms with Crippen LogP contribution in [0, 0.1) is 18.8 Å². The Hall–Kier alpha value is -7.98. The van der Waals surface area contributed by atoms with Crippen molar-refractivity contribution in [2.45, 2.75) is 31.6 Å². The zero-order valence-corrected chi connectivity index (χ0v) is 41.6. The maximum Gasteiger partial charge on any atom is 0.135 e. The van der Waals surface area contributed by atoms with Crippen LogP contribution in [0.5, 0.6) is 11.5 Å². The molecule has 0 saturated heterocycles. The van der Waals surface area contributed by atoms with Gasteiger partial charge in [-0.3, -0.25) is 0 Å². The van der Waals surface area contributed by atoms with E-state index in [0.29, 0.717) is 11.5 Å². The van der Waals surface area contributed by atoms with Gasteiger partial charge < -0.3 is 19.1 Å². The predicted molar refractivity (Wildman–Crippen MR) is 285 cm³/mol. The molecule has 0 saturated carbocycles. The van der Waals surface area contributed by atoms with E-state index >= 15 is 0 Å². The predicted octanol–water partition coefficient (Wildman–Crippen LogP) is 16.3. The Labute approximate surface area is 428 Å². The van der Waals surface area contributed by atoms with Crippen LogP contribution >= 0.6 is 0 Å². The molecule has 71 heavy (non-hydrogen) atoms. The molecule has 3 aliphatic rings. The van der Waals surface area contributed by atoms with Gasteiger partial charge in [0.1, 0.15) is 5.82 Å². The van der Waals surface area contributed by atoms with Gasteiger partial charge in [0, 0.05) is 77.9 Å². The summed E-state index contributed by atoms with van der Waals surface area (Å²) in [6.07, 6.45) is 1.91. The van der Waals surface area contributed by atoms with Gasteiger partial charge >= 0.3 is 0 Å². The number of nitrogens with zero attached hydrogens (tertiary/aromatic N) is 4. The number of para-hydroxylation sites is 3. The fourth-order valence-corrected chi connectivity index (χ4v) is 11.6. The minimum atomic E-state index is -0.634. The molecule has 2 aliphatic heterocycles. The topological polar surface area (TPSA) is 33.5 Å². The molecule has 0 bridgehead atoms. The second-order valence-electron chi connectivity index (χ2n) is 19.6. The van der Waals surface area contributed by atoms with Crippen LogP contribution in [0.25, 0.3) is 61.0 Å². The molecule has 11 aromatic rings. The van der Waals surface area contributed by atoms with Gasteiger partial charge in [0.25, 0.3) is 0 Å². The molecule has 1 spiro atoms. The summed E-state index contributed by atoms with van der Waals surface area (Å²) in [5, 5.41) is 2.22. The van der Waals surface area contributed by atoms with Gasteiger partial charge in [0.05, 0.1) is 0 Å². The zero-order chi connectivity index (χ0) is 46.7. The number of hydrogen-bond acceptors (Lipinski definition) is 4. The molecule has 5 nitrogen and oxygen atoms in total. The first-order valence-electron chi connectivity index (χ1n) is 24.0. The number of hydrogen-bond donors (Lipinski definition) is 0. The number of benzene rings is 9. The van der Waals surface area contributed by atoms with Gasteiger partial charge in [-0.2, -0.15) is 12.1 Å². The van der Waals surface area contributed by atoms with Gasteiger partial charge in [-0.05, 0) is 79.6 Å². The molecule has 9 aromatic carbocycles. The summed E-state index contributed by atoms with van der Waals surface area (Å²) in [7, 11) is 0. The number of pyridine rings is 1. The van der Waals surface area contributed by atoms with Gasteiger partial charge in [-0.1, -0.05) is 190 Å². The first-order valence-corrected chi connectivity index (χ1v) is 24.0. The number of fused-ring (bicyclic) bond motifs is 12. The third-order valence-corrected chi connectivity index (χ3v) is 14.7. The van der Waals surface area contributed by atoms with Crippen LogP contribution < -0.4 is 14.5 Å². The summed E-state index contributed by atoms with van der Waals surface area (Å²) in [6.45, 7) is 8.98. The summed E-state index contributed by atoms with van der Waals surface area (Å²) in [6, 6.07) is 81.9. The van der Waals surface area contributed by atoms with Crippen LogP contribution in [-0.4, -0.2) is 9.55 Å². The van der Waals surface area contributed by atoms with Crippen molar-refractivity contribution in [2.75, 3.05) is 9.80 Å². The van der Waals surface area contributed by atoms with E-state index in [-0.39, 0.29) is 26.5 Å². The Morgan fingerprint density at radius 3 is 1.80 bits per heavy atom. The fourth-order valence-electron chi connectivity index (χ4n) is 11.6. The van der Waals surface area contributed by atoms with E-state index in [1.54, 1.807) is 0 Å². The first kappa shape index (κ1) is 43.1. The van der Waals surface area contributed by atoms with Crippen molar-refractivity contribution in [3.05, 3.63) is 259 Å². The summed E-state index contributed by atoms with van der Waals surface area (Å²) < 4.78 is 9.19. The van der Waals surface area contributed by atoms with Crippen LogP contribution in [0.15, 0.2) is 212 Å². The Morgan fingerprint density at radius 1 is 0.507 bits per heavy atom. The molecule has 0 unspecified atom stereocenters. The van der Waals surface area contributed by atoms with Crippen molar-refractivity contribution in [3.8, 4) is 50.7 Å². The van der Waals surface area contributed by atoms with Crippen molar-refractivity contribution >= 4 is 44.6 Å². The van der Waals surface area contributed by atoms with Gasteiger partial charge in [-0.25, -0.2) is 4.98 Å². The Morgan fingerprint density at radius 2 is 1.10 bits per heavy atom. The Bertz CT molecular complexity index is 3810. The number of ether oxygens (including phenoxy) is 1. The minimum absolute atomic E-state index is 0. The van der Waals surface area contributed by atoms with E-state index in [1.165, 1.54) is 33.4 Å². The summed E-state index contributed by atoms with van der Waals surface area (Å²) in [4.78, 5) is 9.69. The van der Waals surface area contributed by atoms with Crippen LogP contribution in [-0.2, 0) is 31.9 Å². The zero-order valence-electron chi connectivity index (χ0n) is 39.3. The van der Waals surface area contributed by atoms with Crippen LogP contribution in [0.1, 0.15) is 48.6 Å². The van der Waals surface area contributed by atoms with E-state index < -0.39 is 5.41 Å². The molecule has 14 rings (SSSR count). The fraction of sp³-hybridized carbons (Fsp3) is 0.0769. The third kappa shape index (κ3) is 6.39. The molecular formula is C65H45N4OPt-3. The summed E-state index contributed by atoms with van der Waals surface area (Å²) in [5.74, 6) is 2.05. The average Bonchev–Trinajstić information content (AvgIpc) is 4.06. The quantitative estimate of drug-likeness (QED) is 0.155. The van der Waals surface area contributed by atoms with Gasteiger partial charge in [0.2, 0.25) is 0 Å². The van der Waals surface area contributed by atoms with Crippen LogP contribution in [0.3, 0.4) is 0 Å². The second kappa shape index (κ2) is 16.3. The number of aromatic nitrogens is 2. The Balaban J connectivity index is 0.00000492. The van der Waals surface area contributed by atoms with Crippen molar-refractivity contribution in [1.82, 2.24) is 9.55 Å².